The Morgan fingerprint density at radius 3 is 2.72 bits per heavy atom. The van der Waals surface area contributed by atoms with Crippen LogP contribution in [0.25, 0.3) is 6.08 Å². The van der Waals surface area contributed by atoms with Gasteiger partial charge in [-0.3, -0.25) is 9.59 Å². The Bertz CT molecular complexity index is 1090. The van der Waals surface area contributed by atoms with Gasteiger partial charge in [-0.2, -0.15) is 5.26 Å². The third-order valence-corrected chi connectivity index (χ3v) is 6.60. The SMILES string of the molecule is CCCn1c(C)cc(/C=C(/C#N)C(=O)N[C@@H]2CC(=O)N([C@@H]3C[C@@H]3c3ccccc3)C2)c1C. The molecule has 2 heterocycles. The Labute approximate surface area is 189 Å². The molecule has 1 N–H and O–H groups in total. The van der Waals surface area contributed by atoms with Crippen molar-refractivity contribution in [3.8, 4) is 6.07 Å². The van der Waals surface area contributed by atoms with Gasteiger partial charge in [0.2, 0.25) is 5.91 Å². The van der Waals surface area contributed by atoms with Gasteiger partial charge in [0.15, 0.2) is 0 Å². The van der Waals surface area contributed by atoms with E-state index in [-0.39, 0.29) is 30.0 Å². The number of nitrogens with one attached hydrogen (secondary N) is 1. The van der Waals surface area contributed by atoms with Gasteiger partial charge in [0.25, 0.3) is 5.91 Å². The summed E-state index contributed by atoms with van der Waals surface area (Å²) in [5, 5.41) is 12.5. The zero-order valence-electron chi connectivity index (χ0n) is 19.0. The van der Waals surface area contributed by atoms with Crippen LogP contribution in [0.15, 0.2) is 42.0 Å². The average molecular weight is 431 g/mol. The minimum Gasteiger partial charge on any atom is -0.349 e. The van der Waals surface area contributed by atoms with Crippen molar-refractivity contribution in [1.29, 1.82) is 5.26 Å². The highest BCUT2D eigenvalue weighted by Crippen LogP contribution is 2.45. The maximum atomic E-state index is 12.8. The summed E-state index contributed by atoms with van der Waals surface area (Å²) in [5.74, 6) is 0.0368. The van der Waals surface area contributed by atoms with Crippen LogP contribution >= 0.6 is 0 Å². The summed E-state index contributed by atoms with van der Waals surface area (Å²) in [6.07, 6.45) is 3.93. The summed E-state index contributed by atoms with van der Waals surface area (Å²) >= 11 is 0. The molecule has 2 amide bonds. The molecule has 1 aliphatic heterocycles. The summed E-state index contributed by atoms with van der Waals surface area (Å²) in [4.78, 5) is 27.3. The molecule has 1 aromatic carbocycles. The smallest absolute Gasteiger partial charge is 0.262 e. The molecule has 1 aromatic heterocycles. The molecule has 32 heavy (non-hydrogen) atoms. The quantitative estimate of drug-likeness (QED) is 0.537. The standard InChI is InChI=1S/C26H30N4O2/c1-4-10-29-17(2)11-20(18(29)3)12-21(15-27)26(32)28-22-13-25(31)30(16-22)24-14-23(24)19-8-6-5-7-9-19/h5-9,11-12,22-24H,4,10,13-14,16H2,1-3H3,(H,28,32)/b21-12-/t22-,23-,24-/m1/s1. The van der Waals surface area contributed by atoms with Gasteiger partial charge in [-0.15, -0.1) is 0 Å². The lowest BCUT2D eigenvalue weighted by molar-refractivity contribution is -0.128. The zero-order valence-corrected chi connectivity index (χ0v) is 19.0. The van der Waals surface area contributed by atoms with Crippen LogP contribution in [0.2, 0.25) is 0 Å². The second kappa shape index (κ2) is 9.04. The van der Waals surface area contributed by atoms with E-state index in [9.17, 15) is 14.9 Å². The van der Waals surface area contributed by atoms with E-state index in [0.29, 0.717) is 12.5 Å². The molecule has 1 aliphatic carbocycles. The van der Waals surface area contributed by atoms with Crippen molar-refractivity contribution in [1.82, 2.24) is 14.8 Å². The second-order valence-electron chi connectivity index (χ2n) is 8.89. The van der Waals surface area contributed by atoms with Crippen LogP contribution in [0, 0.1) is 25.2 Å². The first-order chi connectivity index (χ1) is 15.4. The van der Waals surface area contributed by atoms with Gasteiger partial charge in [-0.05, 0) is 50.0 Å². The van der Waals surface area contributed by atoms with Crippen LogP contribution in [0.1, 0.15) is 54.6 Å². The second-order valence-corrected chi connectivity index (χ2v) is 8.89. The van der Waals surface area contributed by atoms with Crippen LogP contribution < -0.4 is 5.32 Å². The molecule has 2 fully saturated rings. The Kier molecular flexibility index (Phi) is 6.18. The van der Waals surface area contributed by atoms with Crippen molar-refractivity contribution < 1.29 is 9.59 Å². The fourth-order valence-corrected chi connectivity index (χ4v) is 4.84. The van der Waals surface area contributed by atoms with Crippen molar-refractivity contribution in [3.05, 3.63) is 64.5 Å². The van der Waals surface area contributed by atoms with E-state index in [4.69, 9.17) is 0 Å². The number of carbonyl (C=O) groups is 2. The monoisotopic (exact) mass is 430 g/mol. The van der Waals surface area contributed by atoms with Gasteiger partial charge in [-0.1, -0.05) is 37.3 Å². The number of nitrogens with zero attached hydrogens (tertiary/aromatic N) is 3. The van der Waals surface area contributed by atoms with Crippen molar-refractivity contribution in [3.63, 3.8) is 0 Å². The van der Waals surface area contributed by atoms with Gasteiger partial charge >= 0.3 is 0 Å². The molecule has 0 bridgehead atoms. The Balaban J connectivity index is 1.40. The highest BCUT2D eigenvalue weighted by molar-refractivity contribution is 6.02. The number of hydrogen-bond donors (Lipinski definition) is 1. The predicted molar refractivity (Wildman–Crippen MR) is 124 cm³/mol. The highest BCUT2D eigenvalue weighted by atomic mass is 16.2. The number of carbonyl (C=O) groups excluding carboxylic acids is 2. The van der Waals surface area contributed by atoms with Crippen LogP contribution in [0.5, 0.6) is 0 Å². The van der Waals surface area contributed by atoms with Gasteiger partial charge in [0.1, 0.15) is 11.6 Å². The van der Waals surface area contributed by atoms with Crippen molar-refractivity contribution >= 4 is 17.9 Å². The van der Waals surface area contributed by atoms with Crippen LogP contribution in [0.3, 0.4) is 0 Å². The molecule has 1 saturated heterocycles. The molecule has 0 unspecified atom stereocenters. The first kappa shape index (κ1) is 21.9. The van der Waals surface area contributed by atoms with Crippen molar-refractivity contribution in [2.75, 3.05) is 6.54 Å². The van der Waals surface area contributed by atoms with Gasteiger partial charge in [-0.25, -0.2) is 0 Å². The number of nitriles is 1. The first-order valence-electron chi connectivity index (χ1n) is 11.4. The fraction of sp³-hybridized carbons (Fsp3) is 0.423. The van der Waals surface area contributed by atoms with E-state index in [1.165, 1.54) is 5.56 Å². The largest absolute Gasteiger partial charge is 0.349 e. The Morgan fingerprint density at radius 2 is 2.03 bits per heavy atom. The van der Waals surface area contributed by atoms with E-state index < -0.39 is 5.91 Å². The zero-order chi connectivity index (χ0) is 22.8. The summed E-state index contributed by atoms with van der Waals surface area (Å²) in [5.41, 5.74) is 4.38. The maximum absolute atomic E-state index is 12.8. The van der Waals surface area contributed by atoms with E-state index >= 15 is 0 Å². The Morgan fingerprint density at radius 1 is 1.28 bits per heavy atom. The number of benzene rings is 1. The van der Waals surface area contributed by atoms with Crippen LogP contribution in [-0.2, 0) is 16.1 Å². The number of likely N-dealkylation sites (tertiary alicyclic amines) is 1. The summed E-state index contributed by atoms with van der Waals surface area (Å²) in [6.45, 7) is 7.57. The summed E-state index contributed by atoms with van der Waals surface area (Å²) in [7, 11) is 0. The lowest BCUT2D eigenvalue weighted by Gasteiger charge is -2.17. The van der Waals surface area contributed by atoms with E-state index in [1.54, 1.807) is 6.08 Å². The highest BCUT2D eigenvalue weighted by Gasteiger charge is 2.48. The normalized spacial score (nSPS) is 22.7. The van der Waals surface area contributed by atoms with Crippen molar-refractivity contribution in [2.45, 2.75) is 64.6 Å². The van der Waals surface area contributed by atoms with Crippen LogP contribution in [0.4, 0.5) is 0 Å². The maximum Gasteiger partial charge on any atom is 0.262 e. The number of amides is 2. The van der Waals surface area contributed by atoms with E-state index in [1.807, 2.05) is 49.1 Å². The van der Waals surface area contributed by atoms with Gasteiger partial charge in [0.05, 0.1) is 6.04 Å². The molecular weight excluding hydrogens is 400 g/mol. The third-order valence-electron chi connectivity index (χ3n) is 6.60. The van der Waals surface area contributed by atoms with E-state index in [2.05, 4.69) is 28.9 Å². The molecule has 6 nitrogen and oxygen atoms in total. The predicted octanol–water partition coefficient (Wildman–Crippen LogP) is 3.70. The summed E-state index contributed by atoms with van der Waals surface area (Å²) < 4.78 is 2.20. The van der Waals surface area contributed by atoms with Gasteiger partial charge in [0, 0.05) is 42.9 Å². The average Bonchev–Trinajstić information content (AvgIpc) is 3.43. The molecule has 166 valence electrons. The van der Waals surface area contributed by atoms with Crippen molar-refractivity contribution in [2.24, 2.45) is 0 Å². The molecule has 2 aliphatic rings. The molecule has 4 rings (SSSR count). The van der Waals surface area contributed by atoms with Crippen LogP contribution in [-0.4, -0.2) is 39.9 Å². The number of aryl methyl sites for hydroxylation is 1. The first-order valence-corrected chi connectivity index (χ1v) is 11.4. The third kappa shape index (κ3) is 4.34. The Hall–Kier alpha value is -3.33. The lowest BCUT2D eigenvalue weighted by Crippen LogP contribution is -2.38. The lowest BCUT2D eigenvalue weighted by atomic mass is 10.1. The molecule has 6 heteroatoms. The topological polar surface area (TPSA) is 78.1 Å². The fourth-order valence-electron chi connectivity index (χ4n) is 4.84. The number of rotatable bonds is 7. The molecule has 0 spiro atoms. The summed E-state index contributed by atoms with van der Waals surface area (Å²) in [6, 6.07) is 14.2. The minimum atomic E-state index is -0.414. The number of aromatic nitrogens is 1. The molecule has 2 aromatic rings. The minimum absolute atomic E-state index is 0.0706. The molecule has 0 radical (unpaired) electrons. The molecule has 1 saturated carbocycles. The van der Waals surface area contributed by atoms with Gasteiger partial charge < -0.3 is 14.8 Å². The molecular formula is C26H30N4O2. The van der Waals surface area contributed by atoms with E-state index in [0.717, 1.165) is 36.3 Å². The number of hydrogen-bond acceptors (Lipinski definition) is 3. The molecule has 3 atom stereocenters.